The van der Waals surface area contributed by atoms with Crippen LogP contribution in [0.2, 0.25) is 0 Å². The first kappa shape index (κ1) is 9.99. The van der Waals surface area contributed by atoms with Gasteiger partial charge in [0.15, 0.2) is 5.65 Å². The Bertz CT molecular complexity index is 434. The van der Waals surface area contributed by atoms with Crippen LogP contribution in [0.4, 0.5) is 0 Å². The molecule has 0 unspecified atom stereocenters. The van der Waals surface area contributed by atoms with Crippen LogP contribution in [0, 0.1) is 20.8 Å². The molecule has 0 atom stereocenters. The second kappa shape index (κ2) is 3.34. The van der Waals surface area contributed by atoms with Crippen molar-refractivity contribution in [3.63, 3.8) is 0 Å². The summed E-state index contributed by atoms with van der Waals surface area (Å²) < 4.78 is 1.86. The number of hydrogen-bond donors (Lipinski definition) is 0. The Morgan fingerprint density at radius 2 is 1.92 bits per heavy atom. The lowest BCUT2D eigenvalue weighted by molar-refractivity contribution is 0.870. The molecule has 70 valence electrons. The maximum atomic E-state index is 4.40. The van der Waals surface area contributed by atoms with Crippen LogP contribution in [0.15, 0.2) is 12.3 Å². The van der Waals surface area contributed by atoms with E-state index in [0.29, 0.717) is 0 Å². The van der Waals surface area contributed by atoms with Gasteiger partial charge in [-0.15, -0.1) is 12.4 Å². The summed E-state index contributed by atoms with van der Waals surface area (Å²) in [6, 6.07) is 1.92. The molecule has 0 radical (unpaired) electrons. The second-order valence-electron chi connectivity index (χ2n) is 3.01. The van der Waals surface area contributed by atoms with Crippen LogP contribution in [0.3, 0.4) is 0 Å². The molecule has 2 heterocycles. The lowest BCUT2D eigenvalue weighted by atomic mass is 10.2. The second-order valence-corrected chi connectivity index (χ2v) is 3.01. The van der Waals surface area contributed by atoms with E-state index in [1.165, 1.54) is 11.3 Å². The molecule has 0 bridgehead atoms. The number of aromatic nitrogens is 3. The molecular formula is C9H12ClN3. The quantitative estimate of drug-likeness (QED) is 0.648. The Labute approximate surface area is 83.2 Å². The minimum absolute atomic E-state index is 0. The minimum Gasteiger partial charge on any atom is -0.234 e. The molecular weight excluding hydrogens is 186 g/mol. The summed E-state index contributed by atoms with van der Waals surface area (Å²) in [5.41, 5.74) is 4.39. The van der Waals surface area contributed by atoms with Gasteiger partial charge in [-0.1, -0.05) is 0 Å². The molecule has 2 aromatic rings. The Balaban J connectivity index is 0.000000845. The molecule has 0 N–H and O–H groups in total. The number of fused-ring (bicyclic) bond motifs is 1. The normalized spacial score (nSPS) is 10.1. The molecule has 0 spiro atoms. The van der Waals surface area contributed by atoms with Gasteiger partial charge in [0.2, 0.25) is 0 Å². The lowest BCUT2D eigenvalue weighted by Gasteiger charge is -2.05. The van der Waals surface area contributed by atoms with Crippen molar-refractivity contribution in [3.05, 3.63) is 29.2 Å². The van der Waals surface area contributed by atoms with Crippen molar-refractivity contribution < 1.29 is 0 Å². The first-order valence-corrected chi connectivity index (χ1v) is 3.97. The molecule has 0 saturated carbocycles. The van der Waals surface area contributed by atoms with Crippen molar-refractivity contribution in [1.82, 2.24) is 14.6 Å². The fourth-order valence-corrected chi connectivity index (χ4v) is 1.32. The van der Waals surface area contributed by atoms with E-state index in [1.54, 1.807) is 6.20 Å². The third-order valence-corrected chi connectivity index (χ3v) is 2.31. The number of aryl methyl sites for hydroxylation is 2. The SMILES string of the molecule is Cc1nc2ccnn2c(C)c1C.Cl. The number of halogens is 1. The third kappa shape index (κ3) is 1.40. The largest absolute Gasteiger partial charge is 0.234 e. The number of nitrogens with zero attached hydrogens (tertiary/aromatic N) is 3. The average Bonchev–Trinajstić information content (AvgIpc) is 2.48. The van der Waals surface area contributed by atoms with E-state index in [1.807, 2.05) is 17.5 Å². The fourth-order valence-electron chi connectivity index (χ4n) is 1.32. The maximum Gasteiger partial charge on any atom is 0.155 e. The number of rotatable bonds is 0. The van der Waals surface area contributed by atoms with Crippen LogP contribution < -0.4 is 0 Å². The van der Waals surface area contributed by atoms with Gasteiger partial charge in [0, 0.05) is 17.5 Å². The van der Waals surface area contributed by atoms with Crippen molar-refractivity contribution in [2.45, 2.75) is 20.8 Å². The third-order valence-electron chi connectivity index (χ3n) is 2.31. The van der Waals surface area contributed by atoms with Gasteiger partial charge in [0.1, 0.15) is 0 Å². The van der Waals surface area contributed by atoms with Crippen molar-refractivity contribution in [2.75, 3.05) is 0 Å². The Kier molecular flexibility index (Phi) is 2.57. The molecule has 0 aliphatic heterocycles. The van der Waals surface area contributed by atoms with Gasteiger partial charge in [0.05, 0.1) is 6.20 Å². The van der Waals surface area contributed by atoms with E-state index in [4.69, 9.17) is 0 Å². The molecule has 2 aromatic heterocycles. The summed E-state index contributed by atoms with van der Waals surface area (Å²) in [5.74, 6) is 0. The first-order valence-electron chi connectivity index (χ1n) is 3.97. The molecule has 0 amide bonds. The van der Waals surface area contributed by atoms with Gasteiger partial charge in [-0.3, -0.25) is 0 Å². The molecule has 0 aliphatic carbocycles. The highest BCUT2D eigenvalue weighted by molar-refractivity contribution is 5.85. The van der Waals surface area contributed by atoms with Crippen LogP contribution in [0.1, 0.15) is 17.0 Å². The molecule has 13 heavy (non-hydrogen) atoms. The van der Waals surface area contributed by atoms with Crippen molar-refractivity contribution >= 4 is 18.1 Å². The summed E-state index contributed by atoms with van der Waals surface area (Å²) >= 11 is 0. The monoisotopic (exact) mass is 197 g/mol. The predicted octanol–water partition coefficient (Wildman–Crippen LogP) is 2.08. The molecule has 0 aromatic carbocycles. The first-order chi connectivity index (χ1) is 5.70. The Morgan fingerprint density at radius 3 is 2.62 bits per heavy atom. The zero-order valence-corrected chi connectivity index (χ0v) is 8.72. The zero-order valence-electron chi connectivity index (χ0n) is 7.90. The maximum absolute atomic E-state index is 4.40. The van der Waals surface area contributed by atoms with Crippen molar-refractivity contribution in [3.8, 4) is 0 Å². The van der Waals surface area contributed by atoms with Gasteiger partial charge >= 0.3 is 0 Å². The zero-order chi connectivity index (χ0) is 8.72. The predicted molar refractivity (Wildman–Crippen MR) is 54.4 cm³/mol. The van der Waals surface area contributed by atoms with Crippen LogP contribution in [-0.2, 0) is 0 Å². The van der Waals surface area contributed by atoms with Gasteiger partial charge in [0.25, 0.3) is 0 Å². The molecule has 2 rings (SSSR count). The lowest BCUT2D eigenvalue weighted by Crippen LogP contribution is -2.01. The van der Waals surface area contributed by atoms with Crippen LogP contribution in [0.25, 0.3) is 5.65 Å². The van der Waals surface area contributed by atoms with E-state index in [0.717, 1.165) is 11.3 Å². The Hall–Kier alpha value is -1.09. The number of hydrogen-bond acceptors (Lipinski definition) is 2. The highest BCUT2D eigenvalue weighted by atomic mass is 35.5. The van der Waals surface area contributed by atoms with Gasteiger partial charge in [-0.2, -0.15) is 5.10 Å². The molecule has 0 fully saturated rings. The standard InChI is InChI=1S/C9H11N3.ClH/c1-6-7(2)11-9-4-5-10-12(9)8(6)3;/h4-5H,1-3H3;1H. The van der Waals surface area contributed by atoms with E-state index in [-0.39, 0.29) is 12.4 Å². The Morgan fingerprint density at radius 1 is 1.23 bits per heavy atom. The fraction of sp³-hybridized carbons (Fsp3) is 0.333. The van der Waals surface area contributed by atoms with E-state index in [9.17, 15) is 0 Å². The molecule has 0 aliphatic rings. The summed E-state index contributed by atoms with van der Waals surface area (Å²) in [6.07, 6.45) is 1.77. The minimum atomic E-state index is 0. The summed E-state index contributed by atoms with van der Waals surface area (Å²) in [7, 11) is 0. The van der Waals surface area contributed by atoms with Gasteiger partial charge in [-0.25, -0.2) is 9.50 Å². The van der Waals surface area contributed by atoms with E-state index >= 15 is 0 Å². The molecule has 4 heteroatoms. The van der Waals surface area contributed by atoms with E-state index in [2.05, 4.69) is 23.9 Å². The van der Waals surface area contributed by atoms with Gasteiger partial charge in [-0.05, 0) is 26.3 Å². The summed E-state index contributed by atoms with van der Waals surface area (Å²) in [6.45, 7) is 6.15. The van der Waals surface area contributed by atoms with Crippen molar-refractivity contribution in [1.29, 1.82) is 0 Å². The summed E-state index contributed by atoms with van der Waals surface area (Å²) in [5, 5.41) is 4.17. The highest BCUT2D eigenvalue weighted by Crippen LogP contribution is 2.11. The topological polar surface area (TPSA) is 30.2 Å². The molecule has 3 nitrogen and oxygen atoms in total. The highest BCUT2D eigenvalue weighted by Gasteiger charge is 2.04. The van der Waals surface area contributed by atoms with E-state index < -0.39 is 0 Å². The van der Waals surface area contributed by atoms with Gasteiger partial charge < -0.3 is 0 Å². The van der Waals surface area contributed by atoms with Crippen molar-refractivity contribution in [2.24, 2.45) is 0 Å². The van der Waals surface area contributed by atoms with Crippen LogP contribution >= 0.6 is 12.4 Å². The molecule has 0 saturated heterocycles. The van der Waals surface area contributed by atoms with Crippen LogP contribution in [0.5, 0.6) is 0 Å². The average molecular weight is 198 g/mol. The summed E-state index contributed by atoms with van der Waals surface area (Å²) in [4.78, 5) is 4.40. The van der Waals surface area contributed by atoms with Crippen LogP contribution in [-0.4, -0.2) is 14.6 Å². The smallest absolute Gasteiger partial charge is 0.155 e.